The number of methoxy groups -OCH3 is 1. The van der Waals surface area contributed by atoms with Gasteiger partial charge in [-0.3, -0.25) is 19.7 Å². The highest BCUT2D eigenvalue weighted by molar-refractivity contribution is 7.10. The van der Waals surface area contributed by atoms with E-state index in [1.165, 1.54) is 23.3 Å². The maximum atomic E-state index is 13.3. The molecular weight excluding hydrogens is 364 g/mol. The van der Waals surface area contributed by atoms with Gasteiger partial charge in [0, 0.05) is 4.88 Å². The zero-order chi connectivity index (χ0) is 19.3. The number of hydrogen-bond acceptors (Lipinski definition) is 6. The maximum Gasteiger partial charge on any atom is 0.326 e. The summed E-state index contributed by atoms with van der Waals surface area (Å²) >= 11 is 1.49. The molecule has 3 heterocycles. The van der Waals surface area contributed by atoms with Gasteiger partial charge in [-0.1, -0.05) is 23.8 Å². The van der Waals surface area contributed by atoms with Gasteiger partial charge in [0.15, 0.2) is 0 Å². The van der Waals surface area contributed by atoms with Gasteiger partial charge in [0.2, 0.25) is 11.8 Å². The minimum absolute atomic E-state index is 0.285. The lowest BCUT2D eigenvalue weighted by molar-refractivity contribution is -0.151. The summed E-state index contributed by atoms with van der Waals surface area (Å²) in [6, 6.07) is 10.6. The van der Waals surface area contributed by atoms with Gasteiger partial charge in [-0.25, -0.2) is 4.90 Å². The summed E-state index contributed by atoms with van der Waals surface area (Å²) in [4.78, 5) is 41.3. The maximum absolute atomic E-state index is 13.3. The molecule has 27 heavy (non-hydrogen) atoms. The van der Waals surface area contributed by atoms with Gasteiger partial charge in [0.05, 0.1) is 30.7 Å². The van der Waals surface area contributed by atoms with Crippen LogP contribution < -0.4 is 10.2 Å². The van der Waals surface area contributed by atoms with Crippen LogP contribution in [0, 0.1) is 18.8 Å². The van der Waals surface area contributed by atoms with Gasteiger partial charge in [-0.2, -0.15) is 0 Å². The zero-order valence-corrected chi connectivity index (χ0v) is 16.1. The lowest BCUT2D eigenvalue weighted by atomic mass is 9.81. The van der Waals surface area contributed by atoms with E-state index in [1.807, 2.05) is 36.6 Å². The second-order valence-electron chi connectivity index (χ2n) is 7.18. The topological polar surface area (TPSA) is 75.7 Å². The SMILES string of the molecule is COC(=O)C1(C)NC(c2cccs2)C2C(=O)N(c3ccc(C)cc3)C(=O)C21. The highest BCUT2D eigenvalue weighted by Crippen LogP contribution is 2.50. The van der Waals surface area contributed by atoms with Crippen molar-refractivity contribution in [2.45, 2.75) is 25.4 Å². The van der Waals surface area contributed by atoms with E-state index in [0.29, 0.717) is 5.69 Å². The Bertz CT molecular complexity index is 909. The molecule has 0 aliphatic carbocycles. The standard InChI is InChI=1S/C20H20N2O4S/c1-11-6-8-12(9-7-11)22-17(23)14-15(18(22)24)20(2,19(25)26-3)21-16(14)13-5-4-10-27-13/h4-10,14-16,21H,1-3H3. The van der Waals surface area contributed by atoms with Crippen LogP contribution in [0.1, 0.15) is 23.4 Å². The number of aryl methyl sites for hydroxylation is 1. The number of carbonyl (C=O) groups excluding carboxylic acids is 3. The van der Waals surface area contributed by atoms with Gasteiger partial charge in [0.1, 0.15) is 5.54 Å². The van der Waals surface area contributed by atoms with E-state index < -0.39 is 29.4 Å². The fraction of sp³-hybridized carbons (Fsp3) is 0.350. The van der Waals surface area contributed by atoms with Crippen LogP contribution in [0.3, 0.4) is 0 Å². The first kappa shape index (κ1) is 17.9. The molecule has 0 radical (unpaired) electrons. The number of esters is 1. The normalized spacial score (nSPS) is 29.9. The molecule has 0 saturated carbocycles. The summed E-state index contributed by atoms with van der Waals surface area (Å²) in [5, 5.41) is 5.15. The van der Waals surface area contributed by atoms with Crippen molar-refractivity contribution in [1.82, 2.24) is 5.32 Å². The molecule has 0 spiro atoms. The first-order valence-electron chi connectivity index (χ1n) is 8.72. The van der Waals surface area contributed by atoms with E-state index in [9.17, 15) is 14.4 Å². The third kappa shape index (κ3) is 2.53. The summed E-state index contributed by atoms with van der Waals surface area (Å²) in [6.07, 6.45) is 0. The Morgan fingerprint density at radius 1 is 1.19 bits per heavy atom. The van der Waals surface area contributed by atoms with Crippen molar-refractivity contribution in [3.8, 4) is 0 Å². The van der Waals surface area contributed by atoms with Crippen LogP contribution in [0.4, 0.5) is 5.69 Å². The quantitative estimate of drug-likeness (QED) is 0.650. The molecule has 2 amide bonds. The summed E-state index contributed by atoms with van der Waals surface area (Å²) in [5.74, 6) is -2.66. The number of hydrogen-bond donors (Lipinski definition) is 1. The summed E-state index contributed by atoms with van der Waals surface area (Å²) in [7, 11) is 1.29. The van der Waals surface area contributed by atoms with Gasteiger partial charge >= 0.3 is 5.97 Å². The molecule has 2 saturated heterocycles. The Morgan fingerprint density at radius 3 is 2.48 bits per heavy atom. The Balaban J connectivity index is 1.81. The molecule has 2 aliphatic heterocycles. The van der Waals surface area contributed by atoms with E-state index in [2.05, 4.69) is 5.32 Å². The number of anilines is 1. The summed E-state index contributed by atoms with van der Waals surface area (Å²) < 4.78 is 4.97. The van der Waals surface area contributed by atoms with Crippen LogP contribution in [0.15, 0.2) is 41.8 Å². The minimum atomic E-state index is -1.26. The number of carbonyl (C=O) groups is 3. The Labute approximate surface area is 161 Å². The van der Waals surface area contributed by atoms with Crippen molar-refractivity contribution in [2.24, 2.45) is 11.8 Å². The fourth-order valence-electron chi connectivity index (χ4n) is 4.20. The molecule has 1 aromatic carbocycles. The molecule has 4 atom stereocenters. The van der Waals surface area contributed by atoms with Crippen LogP contribution in [0.5, 0.6) is 0 Å². The molecule has 2 aromatic rings. The highest BCUT2D eigenvalue weighted by atomic mass is 32.1. The van der Waals surface area contributed by atoms with E-state index in [0.717, 1.165) is 10.4 Å². The summed E-state index contributed by atoms with van der Waals surface area (Å²) in [5.41, 5.74) is 0.304. The van der Waals surface area contributed by atoms with Crippen molar-refractivity contribution >= 4 is 34.8 Å². The lowest BCUT2D eigenvalue weighted by Crippen LogP contribution is -2.54. The van der Waals surface area contributed by atoms with E-state index in [1.54, 1.807) is 19.1 Å². The van der Waals surface area contributed by atoms with Crippen LogP contribution in [-0.2, 0) is 19.1 Å². The molecule has 1 N–H and O–H groups in total. The number of rotatable bonds is 3. The average molecular weight is 384 g/mol. The molecule has 2 aliphatic rings. The van der Waals surface area contributed by atoms with Crippen LogP contribution in [0.2, 0.25) is 0 Å². The second-order valence-corrected chi connectivity index (χ2v) is 8.16. The van der Waals surface area contributed by atoms with Crippen molar-refractivity contribution in [3.05, 3.63) is 52.2 Å². The Morgan fingerprint density at radius 2 is 1.89 bits per heavy atom. The average Bonchev–Trinajstić information content (AvgIpc) is 3.34. The number of fused-ring (bicyclic) bond motifs is 1. The van der Waals surface area contributed by atoms with Crippen LogP contribution >= 0.6 is 11.3 Å². The van der Waals surface area contributed by atoms with Crippen LogP contribution in [0.25, 0.3) is 0 Å². The Hall–Kier alpha value is -2.51. The largest absolute Gasteiger partial charge is 0.468 e. The Kier molecular flexibility index (Phi) is 4.16. The number of benzene rings is 1. The second kappa shape index (κ2) is 6.28. The monoisotopic (exact) mass is 384 g/mol. The number of amides is 2. The molecular formula is C20H20N2O4S. The number of nitrogens with one attached hydrogen (secondary N) is 1. The number of thiophene rings is 1. The highest BCUT2D eigenvalue weighted by Gasteiger charge is 2.67. The third-order valence-electron chi connectivity index (χ3n) is 5.54. The zero-order valence-electron chi connectivity index (χ0n) is 15.3. The minimum Gasteiger partial charge on any atom is -0.468 e. The summed E-state index contributed by atoms with van der Waals surface area (Å²) in [6.45, 7) is 3.59. The van der Waals surface area contributed by atoms with Gasteiger partial charge in [0.25, 0.3) is 0 Å². The van der Waals surface area contributed by atoms with Crippen molar-refractivity contribution < 1.29 is 19.1 Å². The molecule has 6 nitrogen and oxygen atoms in total. The lowest BCUT2D eigenvalue weighted by Gasteiger charge is -2.28. The molecule has 140 valence electrons. The molecule has 7 heteroatoms. The number of ether oxygens (including phenoxy) is 1. The van der Waals surface area contributed by atoms with E-state index in [-0.39, 0.29) is 11.8 Å². The third-order valence-corrected chi connectivity index (χ3v) is 6.49. The first-order chi connectivity index (χ1) is 12.9. The number of nitrogens with zero attached hydrogens (tertiary/aromatic N) is 1. The molecule has 2 fully saturated rings. The molecule has 4 unspecified atom stereocenters. The molecule has 1 aromatic heterocycles. The van der Waals surface area contributed by atoms with Gasteiger partial charge in [-0.05, 0) is 37.4 Å². The molecule has 4 rings (SSSR count). The van der Waals surface area contributed by atoms with Crippen LogP contribution in [-0.4, -0.2) is 30.4 Å². The van der Waals surface area contributed by atoms with Gasteiger partial charge in [-0.15, -0.1) is 11.3 Å². The van der Waals surface area contributed by atoms with Crippen molar-refractivity contribution in [3.63, 3.8) is 0 Å². The first-order valence-corrected chi connectivity index (χ1v) is 9.60. The molecule has 0 bridgehead atoms. The smallest absolute Gasteiger partial charge is 0.326 e. The predicted molar refractivity (Wildman–Crippen MR) is 101 cm³/mol. The van der Waals surface area contributed by atoms with Crippen molar-refractivity contribution in [1.29, 1.82) is 0 Å². The van der Waals surface area contributed by atoms with Crippen molar-refractivity contribution in [2.75, 3.05) is 12.0 Å². The fourth-order valence-corrected chi connectivity index (χ4v) is 5.02. The van der Waals surface area contributed by atoms with E-state index in [4.69, 9.17) is 4.74 Å². The van der Waals surface area contributed by atoms with Gasteiger partial charge < -0.3 is 4.74 Å². The predicted octanol–water partition coefficient (Wildman–Crippen LogP) is 2.44. The van der Waals surface area contributed by atoms with E-state index >= 15 is 0 Å². The number of imide groups is 1.